The lowest BCUT2D eigenvalue weighted by molar-refractivity contribution is 0.0223. The molecule has 1 unspecified atom stereocenters. The average molecular weight is 387 g/mol. The van der Waals surface area contributed by atoms with Crippen molar-refractivity contribution in [2.24, 2.45) is 7.05 Å². The van der Waals surface area contributed by atoms with E-state index in [0.29, 0.717) is 12.2 Å². The lowest BCUT2D eigenvalue weighted by Crippen LogP contribution is -2.48. The lowest BCUT2D eigenvalue weighted by atomic mass is 10.1. The number of carbonyl (C=O) groups excluding carboxylic acids is 2. The Morgan fingerprint density at radius 2 is 1.89 bits per heavy atom. The van der Waals surface area contributed by atoms with E-state index in [1.807, 2.05) is 51.1 Å². The number of likely N-dealkylation sites (N-methyl/N-ethyl adjacent to an activating group) is 1. The van der Waals surface area contributed by atoms with Crippen LogP contribution in [-0.2, 0) is 18.2 Å². The zero-order chi connectivity index (χ0) is 20.7. The van der Waals surface area contributed by atoms with Crippen LogP contribution < -0.4 is 10.6 Å². The largest absolute Gasteiger partial charge is 0.444 e. The maximum absolute atomic E-state index is 12.5. The third-order valence-electron chi connectivity index (χ3n) is 4.10. The number of nitrogens with zero attached hydrogens (tertiary/aromatic N) is 3. The molecule has 8 nitrogen and oxygen atoms in total. The summed E-state index contributed by atoms with van der Waals surface area (Å²) in [6.07, 6.45) is 1.76. The molecule has 2 aromatic rings. The number of nitrogens with one attached hydrogen (secondary N) is 2. The highest BCUT2D eigenvalue weighted by Crippen LogP contribution is 2.13. The molecule has 1 aromatic carbocycles. The van der Waals surface area contributed by atoms with Gasteiger partial charge in [-0.15, -0.1) is 0 Å². The molecule has 1 atom stereocenters. The van der Waals surface area contributed by atoms with Crippen LogP contribution in [0.1, 0.15) is 26.3 Å². The van der Waals surface area contributed by atoms with Gasteiger partial charge in [0, 0.05) is 26.7 Å². The van der Waals surface area contributed by atoms with Crippen molar-refractivity contribution in [3.8, 4) is 0 Å². The smallest absolute Gasteiger partial charge is 0.410 e. The zero-order valence-corrected chi connectivity index (χ0v) is 17.1. The molecule has 0 bridgehead atoms. The monoisotopic (exact) mass is 387 g/mol. The Labute approximate surface area is 165 Å². The Morgan fingerprint density at radius 3 is 2.46 bits per heavy atom. The molecule has 3 amide bonds. The predicted octanol–water partition coefficient (Wildman–Crippen LogP) is 3.02. The molecule has 0 spiro atoms. The Kier molecular flexibility index (Phi) is 7.03. The molecule has 1 heterocycles. The van der Waals surface area contributed by atoms with Gasteiger partial charge in [0.2, 0.25) is 0 Å². The number of aryl methyl sites for hydroxylation is 1. The molecular weight excluding hydrogens is 358 g/mol. The van der Waals surface area contributed by atoms with Gasteiger partial charge in [-0.05, 0) is 32.8 Å². The van der Waals surface area contributed by atoms with Gasteiger partial charge < -0.3 is 15.0 Å². The third-order valence-corrected chi connectivity index (χ3v) is 4.10. The minimum Gasteiger partial charge on any atom is -0.444 e. The summed E-state index contributed by atoms with van der Waals surface area (Å²) in [4.78, 5) is 26.3. The summed E-state index contributed by atoms with van der Waals surface area (Å²) in [5.41, 5.74) is 0.476. The van der Waals surface area contributed by atoms with E-state index in [9.17, 15) is 9.59 Å². The second kappa shape index (κ2) is 9.25. The highest BCUT2D eigenvalue weighted by atomic mass is 16.6. The minimum absolute atomic E-state index is 0.269. The third kappa shape index (κ3) is 6.61. The standard InChI is InChI=1S/C20H29N5O3/c1-20(2,3)28-19(27)24(4)16(13-15-9-7-6-8-10-15)14-21-18(26)23-17-11-12-22-25(17)5/h6-12,16H,13-14H2,1-5H3,(H2,21,23,26). The number of carbonyl (C=O) groups is 2. The highest BCUT2D eigenvalue weighted by molar-refractivity contribution is 5.88. The molecular formula is C20H29N5O3. The van der Waals surface area contributed by atoms with Crippen LogP contribution in [-0.4, -0.2) is 52.0 Å². The van der Waals surface area contributed by atoms with Crippen LogP contribution in [0.5, 0.6) is 0 Å². The summed E-state index contributed by atoms with van der Waals surface area (Å²) in [6.45, 7) is 5.74. The number of anilines is 1. The molecule has 0 aliphatic carbocycles. The first-order chi connectivity index (χ1) is 13.2. The molecule has 1 aromatic heterocycles. The lowest BCUT2D eigenvalue weighted by Gasteiger charge is -2.31. The Bertz CT molecular complexity index is 783. The SMILES string of the molecule is CN(C(=O)OC(C)(C)C)C(CNC(=O)Nc1ccnn1C)Cc1ccccc1. The fourth-order valence-electron chi connectivity index (χ4n) is 2.58. The molecule has 152 valence electrons. The molecule has 2 rings (SSSR count). The van der Waals surface area contributed by atoms with Crippen molar-refractivity contribution in [3.63, 3.8) is 0 Å². The number of aromatic nitrogens is 2. The number of rotatable bonds is 6. The average Bonchev–Trinajstić information content (AvgIpc) is 3.02. The van der Waals surface area contributed by atoms with Gasteiger partial charge in [0.15, 0.2) is 0 Å². The summed E-state index contributed by atoms with van der Waals surface area (Å²) in [6, 6.07) is 10.9. The first kappa shape index (κ1) is 21.3. The number of hydrogen-bond acceptors (Lipinski definition) is 4. The van der Waals surface area contributed by atoms with Crippen molar-refractivity contribution in [3.05, 3.63) is 48.2 Å². The van der Waals surface area contributed by atoms with Crippen LogP contribution >= 0.6 is 0 Å². The van der Waals surface area contributed by atoms with Gasteiger partial charge in [0.25, 0.3) is 0 Å². The molecule has 0 fully saturated rings. The van der Waals surface area contributed by atoms with Gasteiger partial charge in [0.05, 0.1) is 12.2 Å². The molecule has 0 aliphatic heterocycles. The molecule has 0 aliphatic rings. The summed E-state index contributed by atoms with van der Waals surface area (Å²) < 4.78 is 7.04. The van der Waals surface area contributed by atoms with E-state index in [0.717, 1.165) is 5.56 Å². The van der Waals surface area contributed by atoms with E-state index >= 15 is 0 Å². The topological polar surface area (TPSA) is 88.5 Å². The van der Waals surface area contributed by atoms with Crippen molar-refractivity contribution >= 4 is 17.9 Å². The molecule has 0 radical (unpaired) electrons. The molecule has 0 saturated heterocycles. The van der Waals surface area contributed by atoms with Crippen molar-refractivity contribution in [2.45, 2.75) is 38.8 Å². The van der Waals surface area contributed by atoms with Crippen LogP contribution in [0.4, 0.5) is 15.4 Å². The molecule has 2 N–H and O–H groups in total. The minimum atomic E-state index is -0.590. The normalized spacial score (nSPS) is 12.2. The summed E-state index contributed by atoms with van der Waals surface area (Å²) >= 11 is 0. The molecule has 28 heavy (non-hydrogen) atoms. The van der Waals surface area contributed by atoms with Crippen molar-refractivity contribution < 1.29 is 14.3 Å². The zero-order valence-electron chi connectivity index (χ0n) is 17.1. The van der Waals surface area contributed by atoms with Gasteiger partial charge in [-0.2, -0.15) is 5.10 Å². The number of amides is 3. The van der Waals surface area contributed by atoms with Gasteiger partial charge >= 0.3 is 12.1 Å². The number of hydrogen-bond donors (Lipinski definition) is 2. The first-order valence-electron chi connectivity index (χ1n) is 9.18. The first-order valence-corrected chi connectivity index (χ1v) is 9.18. The van der Waals surface area contributed by atoms with Crippen molar-refractivity contribution in [2.75, 3.05) is 18.9 Å². The van der Waals surface area contributed by atoms with Gasteiger partial charge in [-0.1, -0.05) is 30.3 Å². The molecule has 8 heteroatoms. The van der Waals surface area contributed by atoms with E-state index in [1.54, 1.807) is 31.0 Å². The van der Waals surface area contributed by atoms with Crippen molar-refractivity contribution in [1.29, 1.82) is 0 Å². The number of urea groups is 1. The summed E-state index contributed by atoms with van der Waals surface area (Å²) in [7, 11) is 3.42. The number of ether oxygens (including phenoxy) is 1. The summed E-state index contributed by atoms with van der Waals surface area (Å²) in [5, 5.41) is 9.57. The van der Waals surface area contributed by atoms with E-state index < -0.39 is 11.7 Å². The van der Waals surface area contributed by atoms with Crippen LogP contribution in [0.3, 0.4) is 0 Å². The Hall–Kier alpha value is -3.03. The Morgan fingerprint density at radius 1 is 1.21 bits per heavy atom. The second-order valence-electron chi connectivity index (χ2n) is 7.61. The van der Waals surface area contributed by atoms with Crippen LogP contribution in [0.25, 0.3) is 0 Å². The van der Waals surface area contributed by atoms with E-state index in [-0.39, 0.29) is 18.6 Å². The van der Waals surface area contributed by atoms with E-state index in [1.165, 1.54) is 4.90 Å². The van der Waals surface area contributed by atoms with E-state index in [4.69, 9.17) is 4.74 Å². The van der Waals surface area contributed by atoms with Gasteiger partial charge in [0.1, 0.15) is 11.4 Å². The van der Waals surface area contributed by atoms with Crippen LogP contribution in [0.15, 0.2) is 42.6 Å². The highest BCUT2D eigenvalue weighted by Gasteiger charge is 2.26. The predicted molar refractivity (Wildman–Crippen MR) is 108 cm³/mol. The van der Waals surface area contributed by atoms with Gasteiger partial charge in [-0.25, -0.2) is 9.59 Å². The fourth-order valence-corrected chi connectivity index (χ4v) is 2.58. The van der Waals surface area contributed by atoms with Crippen LogP contribution in [0, 0.1) is 0 Å². The molecule has 0 saturated carbocycles. The quantitative estimate of drug-likeness (QED) is 0.797. The maximum Gasteiger partial charge on any atom is 0.410 e. The van der Waals surface area contributed by atoms with Crippen molar-refractivity contribution in [1.82, 2.24) is 20.0 Å². The second-order valence-corrected chi connectivity index (χ2v) is 7.61. The van der Waals surface area contributed by atoms with Crippen LogP contribution in [0.2, 0.25) is 0 Å². The number of benzene rings is 1. The maximum atomic E-state index is 12.5. The summed E-state index contributed by atoms with van der Waals surface area (Å²) in [5.74, 6) is 0.581. The fraction of sp³-hybridized carbons (Fsp3) is 0.450. The van der Waals surface area contributed by atoms with Gasteiger partial charge in [-0.3, -0.25) is 10.00 Å². The Balaban J connectivity index is 2.03. The van der Waals surface area contributed by atoms with E-state index in [2.05, 4.69) is 15.7 Å².